The van der Waals surface area contributed by atoms with E-state index < -0.39 is 0 Å². The van der Waals surface area contributed by atoms with Gasteiger partial charge in [0, 0.05) is 55.7 Å². The van der Waals surface area contributed by atoms with Crippen LogP contribution >= 0.6 is 0 Å². The van der Waals surface area contributed by atoms with Crippen molar-refractivity contribution in [1.82, 2.24) is 10.5 Å². The van der Waals surface area contributed by atoms with Gasteiger partial charge in [0.25, 0.3) is 5.91 Å². The van der Waals surface area contributed by atoms with Gasteiger partial charge in [0.2, 0.25) is 5.91 Å². The zero-order chi connectivity index (χ0) is 26.2. The average Bonchev–Trinajstić information content (AvgIpc) is 3.40. The summed E-state index contributed by atoms with van der Waals surface area (Å²) in [6, 6.07) is 24.2. The molecule has 2 amide bonds. The lowest BCUT2D eigenvalue weighted by Gasteiger charge is -2.24. The van der Waals surface area contributed by atoms with Crippen molar-refractivity contribution in [2.45, 2.75) is 32.1 Å². The second kappa shape index (κ2) is 12.2. The normalized spacial score (nSPS) is 10.9. The summed E-state index contributed by atoms with van der Waals surface area (Å²) in [4.78, 5) is 31.9. The molecule has 1 heterocycles. The lowest BCUT2D eigenvalue weighted by atomic mass is 10.0. The lowest BCUT2D eigenvalue weighted by molar-refractivity contribution is -0.129. The smallest absolute Gasteiger partial charge is 0.258 e. The molecule has 0 atom stereocenters. The number of nitrogens with one attached hydrogen (secondary N) is 2. The zero-order valence-electron chi connectivity index (χ0n) is 21.4. The van der Waals surface area contributed by atoms with E-state index in [-0.39, 0.29) is 11.8 Å². The van der Waals surface area contributed by atoms with E-state index >= 15 is 0 Å². The molecule has 1 aromatic heterocycles. The predicted octanol–water partition coefficient (Wildman–Crippen LogP) is 6.00. The van der Waals surface area contributed by atoms with Gasteiger partial charge in [-0.05, 0) is 77.9 Å². The van der Waals surface area contributed by atoms with Gasteiger partial charge in [0.1, 0.15) is 0 Å². The van der Waals surface area contributed by atoms with E-state index in [4.69, 9.17) is 5.21 Å². The second-order valence-electron chi connectivity index (χ2n) is 9.42. The first kappa shape index (κ1) is 26.0. The Kier molecular flexibility index (Phi) is 8.59. The standard InChI is InChI=1S/C30H34N4O3/c1-33(2)26-14-12-24(13-15-26)30(36)34(20-6-4-3-5-7-29(35)32-37)27-16-10-22(11-17-27)25-9-8-23-18-19-31-28(23)21-25/h8-19,21,31,37H,3-7,20H2,1-2H3,(H,32,35). The Morgan fingerprint density at radius 3 is 2.19 bits per heavy atom. The van der Waals surface area contributed by atoms with Crippen LogP contribution in [0.2, 0.25) is 0 Å². The number of carbonyl (C=O) groups excluding carboxylic acids is 2. The molecule has 37 heavy (non-hydrogen) atoms. The van der Waals surface area contributed by atoms with Crippen LogP contribution in [0.4, 0.5) is 11.4 Å². The fraction of sp³-hybridized carbons (Fsp3) is 0.267. The van der Waals surface area contributed by atoms with Crippen LogP contribution in [-0.4, -0.2) is 42.6 Å². The van der Waals surface area contributed by atoms with Gasteiger partial charge in [-0.3, -0.25) is 14.8 Å². The van der Waals surface area contributed by atoms with Gasteiger partial charge < -0.3 is 14.8 Å². The molecule has 0 radical (unpaired) electrons. The molecule has 0 bridgehead atoms. The molecule has 0 spiro atoms. The summed E-state index contributed by atoms with van der Waals surface area (Å²) in [5.41, 5.74) is 7.50. The number of H-pyrrole nitrogens is 1. The largest absolute Gasteiger partial charge is 0.378 e. The van der Waals surface area contributed by atoms with E-state index in [0.717, 1.165) is 47.3 Å². The van der Waals surface area contributed by atoms with Gasteiger partial charge in [-0.1, -0.05) is 37.1 Å². The van der Waals surface area contributed by atoms with Gasteiger partial charge in [0.15, 0.2) is 0 Å². The first-order chi connectivity index (χ1) is 18.0. The molecule has 192 valence electrons. The molecule has 3 aromatic carbocycles. The highest BCUT2D eigenvalue weighted by atomic mass is 16.5. The van der Waals surface area contributed by atoms with Gasteiger partial charge >= 0.3 is 0 Å². The topological polar surface area (TPSA) is 88.7 Å². The van der Waals surface area contributed by atoms with Crippen LogP contribution < -0.4 is 15.3 Å². The Labute approximate surface area is 217 Å². The fourth-order valence-electron chi connectivity index (χ4n) is 4.43. The summed E-state index contributed by atoms with van der Waals surface area (Å²) in [6.45, 7) is 0.578. The van der Waals surface area contributed by atoms with Crippen LogP contribution in [0.15, 0.2) is 79.0 Å². The number of hydrogen-bond acceptors (Lipinski definition) is 4. The molecule has 0 fully saturated rings. The van der Waals surface area contributed by atoms with Gasteiger partial charge in [-0.15, -0.1) is 0 Å². The summed E-state index contributed by atoms with van der Waals surface area (Å²) >= 11 is 0. The number of amides is 2. The molecule has 7 nitrogen and oxygen atoms in total. The molecule has 7 heteroatoms. The minimum absolute atomic E-state index is 0.0366. The monoisotopic (exact) mass is 498 g/mol. The number of anilines is 2. The SMILES string of the molecule is CN(C)c1ccc(C(=O)N(CCCCCCC(=O)NO)c2ccc(-c3ccc4cc[nH]c4c3)cc2)cc1. The second-order valence-corrected chi connectivity index (χ2v) is 9.42. The van der Waals surface area contributed by atoms with E-state index in [2.05, 4.69) is 41.4 Å². The number of benzene rings is 3. The molecular formula is C30H34N4O3. The molecule has 0 aliphatic rings. The number of rotatable bonds is 11. The van der Waals surface area contributed by atoms with Crippen molar-refractivity contribution in [3.63, 3.8) is 0 Å². The van der Waals surface area contributed by atoms with Crippen molar-refractivity contribution < 1.29 is 14.8 Å². The molecule has 0 saturated carbocycles. The maximum absolute atomic E-state index is 13.6. The van der Waals surface area contributed by atoms with Crippen molar-refractivity contribution in [3.05, 3.63) is 84.6 Å². The summed E-state index contributed by atoms with van der Waals surface area (Å²) in [6.07, 6.45) is 5.49. The highest BCUT2D eigenvalue weighted by Gasteiger charge is 2.18. The number of aromatic nitrogens is 1. The van der Waals surface area contributed by atoms with Crippen LogP contribution in [-0.2, 0) is 4.79 Å². The first-order valence-electron chi connectivity index (χ1n) is 12.7. The summed E-state index contributed by atoms with van der Waals surface area (Å²) < 4.78 is 0. The van der Waals surface area contributed by atoms with Crippen LogP contribution in [0.5, 0.6) is 0 Å². The maximum atomic E-state index is 13.6. The lowest BCUT2D eigenvalue weighted by Crippen LogP contribution is -2.32. The number of nitrogens with zero attached hydrogens (tertiary/aromatic N) is 2. The molecule has 4 rings (SSSR count). The van der Waals surface area contributed by atoms with Crippen molar-refractivity contribution in [3.8, 4) is 11.1 Å². The summed E-state index contributed by atoms with van der Waals surface area (Å²) in [5, 5.41) is 9.81. The van der Waals surface area contributed by atoms with Crippen LogP contribution in [0, 0.1) is 0 Å². The van der Waals surface area contributed by atoms with E-state index in [1.165, 1.54) is 5.39 Å². The average molecular weight is 499 g/mol. The van der Waals surface area contributed by atoms with E-state index in [1.807, 2.05) is 66.5 Å². The molecule has 0 aliphatic heterocycles. The molecule has 0 saturated heterocycles. The third kappa shape index (κ3) is 6.57. The third-order valence-electron chi connectivity index (χ3n) is 6.60. The fourth-order valence-corrected chi connectivity index (χ4v) is 4.43. The number of carbonyl (C=O) groups is 2. The molecular weight excluding hydrogens is 464 g/mol. The van der Waals surface area contributed by atoms with Crippen molar-refractivity contribution >= 4 is 34.1 Å². The summed E-state index contributed by atoms with van der Waals surface area (Å²) in [5.74, 6) is -0.404. The highest BCUT2D eigenvalue weighted by Crippen LogP contribution is 2.27. The van der Waals surface area contributed by atoms with Crippen molar-refractivity contribution in [2.24, 2.45) is 0 Å². The maximum Gasteiger partial charge on any atom is 0.258 e. The number of hydroxylamine groups is 1. The zero-order valence-corrected chi connectivity index (χ0v) is 21.4. The molecule has 3 N–H and O–H groups in total. The predicted molar refractivity (Wildman–Crippen MR) is 149 cm³/mol. The number of fused-ring (bicyclic) bond motifs is 1. The van der Waals surface area contributed by atoms with Crippen molar-refractivity contribution in [1.29, 1.82) is 0 Å². The van der Waals surface area contributed by atoms with Crippen LogP contribution in [0.1, 0.15) is 42.5 Å². The number of hydrogen-bond donors (Lipinski definition) is 3. The van der Waals surface area contributed by atoms with E-state index in [0.29, 0.717) is 24.9 Å². The first-order valence-corrected chi connectivity index (χ1v) is 12.7. The van der Waals surface area contributed by atoms with E-state index in [1.54, 1.807) is 5.48 Å². The van der Waals surface area contributed by atoms with Gasteiger partial charge in [-0.2, -0.15) is 0 Å². The highest BCUT2D eigenvalue weighted by molar-refractivity contribution is 6.06. The Morgan fingerprint density at radius 1 is 0.811 bits per heavy atom. The van der Waals surface area contributed by atoms with Crippen LogP contribution in [0.3, 0.4) is 0 Å². The Morgan fingerprint density at radius 2 is 1.49 bits per heavy atom. The minimum atomic E-state index is -0.367. The summed E-state index contributed by atoms with van der Waals surface area (Å²) in [7, 11) is 3.95. The van der Waals surface area contributed by atoms with E-state index in [9.17, 15) is 9.59 Å². The third-order valence-corrected chi connectivity index (χ3v) is 6.60. The Hall–Kier alpha value is -4.10. The Balaban J connectivity index is 1.50. The van der Waals surface area contributed by atoms with Gasteiger partial charge in [-0.25, -0.2) is 5.48 Å². The van der Waals surface area contributed by atoms with Crippen molar-refractivity contribution in [2.75, 3.05) is 30.4 Å². The number of unbranched alkanes of at least 4 members (excludes halogenated alkanes) is 3. The quantitative estimate of drug-likeness (QED) is 0.134. The molecule has 0 unspecified atom stereocenters. The minimum Gasteiger partial charge on any atom is -0.378 e. The van der Waals surface area contributed by atoms with Gasteiger partial charge in [0.05, 0.1) is 0 Å². The van der Waals surface area contributed by atoms with Crippen LogP contribution in [0.25, 0.3) is 22.0 Å². The molecule has 0 aliphatic carbocycles. The Bertz CT molecular complexity index is 1330. The number of aromatic amines is 1. The molecule has 4 aromatic rings.